The second-order valence-corrected chi connectivity index (χ2v) is 4.80. The SMILES string of the molecule is Cc1ccccc1C(N)COc1ccc(C(F)(F)F)cc1. The molecule has 0 aliphatic rings. The van der Waals surface area contributed by atoms with Gasteiger partial charge in [-0.05, 0) is 42.3 Å². The van der Waals surface area contributed by atoms with Gasteiger partial charge in [0.1, 0.15) is 12.4 Å². The molecule has 2 aromatic carbocycles. The van der Waals surface area contributed by atoms with E-state index in [4.69, 9.17) is 10.5 Å². The van der Waals surface area contributed by atoms with Crippen LogP contribution in [0.15, 0.2) is 48.5 Å². The number of benzene rings is 2. The van der Waals surface area contributed by atoms with Gasteiger partial charge in [-0.3, -0.25) is 0 Å². The Bertz CT molecular complexity index is 593. The molecule has 0 aliphatic heterocycles. The molecule has 0 amide bonds. The van der Waals surface area contributed by atoms with E-state index in [0.717, 1.165) is 23.3 Å². The normalized spacial score (nSPS) is 13.0. The van der Waals surface area contributed by atoms with Crippen molar-refractivity contribution in [1.82, 2.24) is 0 Å². The summed E-state index contributed by atoms with van der Waals surface area (Å²) in [4.78, 5) is 0. The Kier molecular flexibility index (Phi) is 4.53. The van der Waals surface area contributed by atoms with E-state index in [0.29, 0.717) is 5.75 Å². The van der Waals surface area contributed by atoms with Crippen LogP contribution < -0.4 is 10.5 Å². The van der Waals surface area contributed by atoms with Crippen molar-refractivity contribution in [1.29, 1.82) is 0 Å². The van der Waals surface area contributed by atoms with Gasteiger partial charge in [-0.15, -0.1) is 0 Å². The first-order valence-corrected chi connectivity index (χ1v) is 6.49. The molecule has 2 N–H and O–H groups in total. The molecule has 0 aliphatic carbocycles. The molecule has 0 fully saturated rings. The highest BCUT2D eigenvalue weighted by atomic mass is 19.4. The first-order chi connectivity index (χ1) is 9.88. The molecule has 0 bridgehead atoms. The minimum atomic E-state index is -4.34. The van der Waals surface area contributed by atoms with Crippen LogP contribution in [0.5, 0.6) is 5.75 Å². The predicted molar refractivity (Wildman–Crippen MR) is 75.0 cm³/mol. The Hall–Kier alpha value is -2.01. The molecule has 0 aromatic heterocycles. The first-order valence-electron chi connectivity index (χ1n) is 6.49. The third-order valence-electron chi connectivity index (χ3n) is 3.20. The molecular formula is C16H16F3NO. The fourth-order valence-corrected chi connectivity index (χ4v) is 2.02. The highest BCUT2D eigenvalue weighted by molar-refractivity contribution is 5.30. The van der Waals surface area contributed by atoms with Crippen LogP contribution in [0.3, 0.4) is 0 Å². The van der Waals surface area contributed by atoms with Gasteiger partial charge in [0.2, 0.25) is 0 Å². The van der Waals surface area contributed by atoms with Crippen molar-refractivity contribution in [3.63, 3.8) is 0 Å². The van der Waals surface area contributed by atoms with E-state index in [-0.39, 0.29) is 12.6 Å². The summed E-state index contributed by atoms with van der Waals surface area (Å²) in [6.45, 7) is 2.16. The summed E-state index contributed by atoms with van der Waals surface area (Å²) in [7, 11) is 0. The lowest BCUT2D eigenvalue weighted by atomic mass is 10.0. The van der Waals surface area contributed by atoms with E-state index in [1.165, 1.54) is 12.1 Å². The Balaban J connectivity index is 1.99. The molecular weight excluding hydrogens is 279 g/mol. The lowest BCUT2D eigenvalue weighted by Crippen LogP contribution is -2.20. The van der Waals surface area contributed by atoms with E-state index in [1.54, 1.807) is 0 Å². The van der Waals surface area contributed by atoms with Gasteiger partial charge in [0.15, 0.2) is 0 Å². The highest BCUT2D eigenvalue weighted by Crippen LogP contribution is 2.30. The molecule has 0 heterocycles. The van der Waals surface area contributed by atoms with E-state index < -0.39 is 11.7 Å². The number of hydrogen-bond donors (Lipinski definition) is 1. The number of rotatable bonds is 4. The summed E-state index contributed by atoms with van der Waals surface area (Å²) in [6.07, 6.45) is -4.34. The molecule has 21 heavy (non-hydrogen) atoms. The number of aryl methyl sites for hydroxylation is 1. The smallest absolute Gasteiger partial charge is 0.416 e. The highest BCUT2D eigenvalue weighted by Gasteiger charge is 2.30. The van der Waals surface area contributed by atoms with Gasteiger partial charge in [0, 0.05) is 0 Å². The average Bonchev–Trinajstić information content (AvgIpc) is 2.45. The van der Waals surface area contributed by atoms with Crippen molar-refractivity contribution in [3.8, 4) is 5.75 Å². The van der Waals surface area contributed by atoms with E-state index >= 15 is 0 Å². The average molecular weight is 295 g/mol. The summed E-state index contributed by atoms with van der Waals surface area (Å²) in [6, 6.07) is 11.9. The molecule has 1 atom stereocenters. The molecule has 2 aromatic rings. The van der Waals surface area contributed by atoms with Crippen LogP contribution >= 0.6 is 0 Å². The fraction of sp³-hybridized carbons (Fsp3) is 0.250. The van der Waals surface area contributed by atoms with Crippen molar-refractivity contribution < 1.29 is 17.9 Å². The van der Waals surface area contributed by atoms with Gasteiger partial charge in [-0.25, -0.2) is 0 Å². The summed E-state index contributed by atoms with van der Waals surface area (Å²) in [5.41, 5.74) is 7.36. The third kappa shape index (κ3) is 3.98. The molecule has 0 saturated carbocycles. The summed E-state index contributed by atoms with van der Waals surface area (Å²) >= 11 is 0. The Labute approximate surface area is 121 Å². The van der Waals surface area contributed by atoms with Crippen LogP contribution in [0.25, 0.3) is 0 Å². The van der Waals surface area contributed by atoms with Crippen molar-refractivity contribution in [2.75, 3.05) is 6.61 Å². The largest absolute Gasteiger partial charge is 0.492 e. The maximum Gasteiger partial charge on any atom is 0.416 e. The maximum atomic E-state index is 12.4. The lowest BCUT2D eigenvalue weighted by molar-refractivity contribution is -0.137. The molecule has 5 heteroatoms. The van der Waals surface area contributed by atoms with Crippen LogP contribution in [-0.4, -0.2) is 6.61 Å². The van der Waals surface area contributed by atoms with Crippen molar-refractivity contribution in [2.24, 2.45) is 5.73 Å². The van der Waals surface area contributed by atoms with Crippen molar-refractivity contribution >= 4 is 0 Å². The summed E-state index contributed by atoms with van der Waals surface area (Å²) in [5, 5.41) is 0. The van der Waals surface area contributed by atoms with E-state index in [2.05, 4.69) is 0 Å². The topological polar surface area (TPSA) is 35.2 Å². The Morgan fingerprint density at radius 2 is 1.67 bits per heavy atom. The Morgan fingerprint density at radius 3 is 2.24 bits per heavy atom. The summed E-state index contributed by atoms with van der Waals surface area (Å²) < 4.78 is 42.8. The number of alkyl halides is 3. The fourth-order valence-electron chi connectivity index (χ4n) is 2.02. The monoisotopic (exact) mass is 295 g/mol. The van der Waals surface area contributed by atoms with Gasteiger partial charge in [0.05, 0.1) is 11.6 Å². The first kappa shape index (κ1) is 15.4. The van der Waals surface area contributed by atoms with E-state index in [1.807, 2.05) is 31.2 Å². The van der Waals surface area contributed by atoms with E-state index in [9.17, 15) is 13.2 Å². The zero-order chi connectivity index (χ0) is 15.5. The van der Waals surface area contributed by atoms with Crippen molar-refractivity contribution in [3.05, 3.63) is 65.2 Å². The molecule has 0 spiro atoms. The molecule has 1 unspecified atom stereocenters. The number of nitrogens with two attached hydrogens (primary N) is 1. The van der Waals surface area contributed by atoms with Gasteiger partial charge in [-0.1, -0.05) is 24.3 Å². The second kappa shape index (κ2) is 6.18. The molecule has 112 valence electrons. The minimum Gasteiger partial charge on any atom is -0.492 e. The number of hydrogen-bond acceptors (Lipinski definition) is 2. The molecule has 0 radical (unpaired) electrons. The zero-order valence-electron chi connectivity index (χ0n) is 11.5. The van der Waals surface area contributed by atoms with Crippen LogP contribution in [0.1, 0.15) is 22.7 Å². The second-order valence-electron chi connectivity index (χ2n) is 4.80. The van der Waals surface area contributed by atoms with Crippen molar-refractivity contribution in [2.45, 2.75) is 19.1 Å². The maximum absolute atomic E-state index is 12.4. The standard InChI is InChI=1S/C16H16F3NO/c1-11-4-2-3-5-14(11)15(20)10-21-13-8-6-12(7-9-13)16(17,18)19/h2-9,15H,10,20H2,1H3. The van der Waals surface area contributed by atoms with Crippen LogP contribution in [0, 0.1) is 6.92 Å². The summed E-state index contributed by atoms with van der Waals surface area (Å²) in [5.74, 6) is 0.368. The third-order valence-corrected chi connectivity index (χ3v) is 3.20. The lowest BCUT2D eigenvalue weighted by Gasteiger charge is -2.16. The molecule has 2 rings (SSSR count). The number of halogens is 3. The minimum absolute atomic E-state index is 0.205. The Morgan fingerprint density at radius 1 is 1.05 bits per heavy atom. The van der Waals surface area contributed by atoms with Gasteiger partial charge < -0.3 is 10.5 Å². The number of ether oxygens (including phenoxy) is 1. The molecule has 0 saturated heterocycles. The van der Waals surface area contributed by atoms with Crippen LogP contribution in [0.2, 0.25) is 0 Å². The van der Waals surface area contributed by atoms with Gasteiger partial charge in [-0.2, -0.15) is 13.2 Å². The van der Waals surface area contributed by atoms with Crippen LogP contribution in [-0.2, 0) is 6.18 Å². The van der Waals surface area contributed by atoms with Gasteiger partial charge >= 0.3 is 6.18 Å². The van der Waals surface area contributed by atoms with Gasteiger partial charge in [0.25, 0.3) is 0 Å². The molecule has 2 nitrogen and oxygen atoms in total. The predicted octanol–water partition coefficient (Wildman–Crippen LogP) is 4.09. The quantitative estimate of drug-likeness (QED) is 0.922. The van der Waals surface area contributed by atoms with Crippen LogP contribution in [0.4, 0.5) is 13.2 Å². The zero-order valence-corrected chi connectivity index (χ0v) is 11.5.